The van der Waals surface area contributed by atoms with Crippen LogP contribution in [0.3, 0.4) is 0 Å². The molecule has 0 radical (unpaired) electrons. The molecule has 0 aromatic carbocycles. The molecule has 368 valence electrons. The smallest absolute Gasteiger partial charge is 0.326 e. The monoisotopic (exact) mass is 925 g/mol. The van der Waals surface area contributed by atoms with Crippen molar-refractivity contribution < 1.29 is 63.0 Å². The minimum absolute atomic E-state index is 0.0356. The van der Waals surface area contributed by atoms with Gasteiger partial charge in [-0.2, -0.15) is 0 Å². The molecule has 1 saturated heterocycles. The number of hydrogen-bond donors (Lipinski definition) is 11. The Morgan fingerprint density at radius 3 is 1.45 bits per heavy atom. The van der Waals surface area contributed by atoms with E-state index in [1.807, 2.05) is 13.8 Å². The normalized spacial score (nSPS) is 17.4. The third kappa shape index (κ3) is 19.8. The Morgan fingerprint density at radius 1 is 0.554 bits per heavy atom. The molecule has 1 heterocycles. The minimum Gasteiger partial charge on any atom is -0.481 e. The van der Waals surface area contributed by atoms with Gasteiger partial charge in [-0.1, -0.05) is 55.4 Å². The Labute approximate surface area is 379 Å². The topological polar surface area (TPSA) is 368 Å². The molecule has 9 amide bonds. The highest BCUT2D eigenvalue weighted by molar-refractivity contribution is 5.99. The van der Waals surface area contributed by atoms with Crippen molar-refractivity contribution in [2.75, 3.05) is 6.54 Å². The molecule has 0 aromatic heterocycles. The highest BCUT2D eigenvalue weighted by Crippen LogP contribution is 2.21. The summed E-state index contributed by atoms with van der Waals surface area (Å²) in [6.07, 6.45) is -0.446. The van der Waals surface area contributed by atoms with Gasteiger partial charge in [-0.15, -0.1) is 0 Å². The van der Waals surface area contributed by atoms with Crippen molar-refractivity contribution in [3.63, 3.8) is 0 Å². The first kappa shape index (κ1) is 57.1. The van der Waals surface area contributed by atoms with E-state index in [2.05, 4.69) is 37.2 Å². The largest absolute Gasteiger partial charge is 0.481 e. The van der Waals surface area contributed by atoms with Gasteiger partial charge in [0.05, 0.1) is 18.9 Å². The number of carboxylic acid groups (broad SMARTS) is 2. The summed E-state index contributed by atoms with van der Waals surface area (Å²) >= 11 is 0. The molecule has 0 unspecified atom stereocenters. The molecule has 13 N–H and O–H groups in total. The van der Waals surface area contributed by atoms with Gasteiger partial charge in [0.1, 0.15) is 48.3 Å². The molecular weight excluding hydrogens is 853 g/mol. The molecule has 0 saturated carbocycles. The Balaban J connectivity index is 3.20. The third-order valence-electron chi connectivity index (χ3n) is 10.3. The fraction of sp³-hybridized carbons (Fsp3) is 0.738. The molecule has 1 rings (SSSR count). The van der Waals surface area contributed by atoms with Crippen molar-refractivity contribution in [2.45, 2.75) is 169 Å². The average Bonchev–Trinajstić information content (AvgIpc) is 3.67. The first-order chi connectivity index (χ1) is 30.0. The van der Waals surface area contributed by atoms with Crippen molar-refractivity contribution in [2.24, 2.45) is 35.1 Å². The second-order valence-corrected chi connectivity index (χ2v) is 18.2. The predicted octanol–water partition coefficient (Wildman–Crippen LogP) is -2.03. The van der Waals surface area contributed by atoms with Gasteiger partial charge < -0.3 is 63.8 Å². The van der Waals surface area contributed by atoms with Crippen LogP contribution in [0.5, 0.6) is 0 Å². The van der Waals surface area contributed by atoms with Gasteiger partial charge in [-0.25, -0.2) is 4.79 Å². The van der Waals surface area contributed by atoms with E-state index >= 15 is 0 Å². The third-order valence-corrected chi connectivity index (χ3v) is 10.3. The molecule has 1 aliphatic rings. The first-order valence-electron chi connectivity index (χ1n) is 22.0. The molecular formula is C42H72N10O13. The molecule has 0 aliphatic carbocycles. The summed E-state index contributed by atoms with van der Waals surface area (Å²) in [4.78, 5) is 143. The van der Waals surface area contributed by atoms with E-state index in [1.54, 1.807) is 41.5 Å². The number of carbonyl (C=O) groups excluding carboxylic acids is 9. The van der Waals surface area contributed by atoms with E-state index in [0.717, 1.165) is 0 Å². The van der Waals surface area contributed by atoms with E-state index in [0.29, 0.717) is 6.42 Å². The van der Waals surface area contributed by atoms with Gasteiger partial charge in [0.15, 0.2) is 0 Å². The van der Waals surface area contributed by atoms with Crippen LogP contribution in [0.15, 0.2) is 0 Å². The van der Waals surface area contributed by atoms with Gasteiger partial charge in [-0.05, 0) is 69.6 Å². The van der Waals surface area contributed by atoms with Crippen LogP contribution < -0.4 is 48.7 Å². The number of likely N-dealkylation sites (tertiary alicyclic amines) is 1. The van der Waals surface area contributed by atoms with E-state index in [1.165, 1.54) is 18.7 Å². The van der Waals surface area contributed by atoms with E-state index in [9.17, 15) is 57.8 Å². The quantitative estimate of drug-likeness (QED) is 0.0423. The second-order valence-electron chi connectivity index (χ2n) is 18.2. The van der Waals surface area contributed by atoms with Gasteiger partial charge in [0, 0.05) is 6.54 Å². The number of carbonyl (C=O) groups is 11. The van der Waals surface area contributed by atoms with Crippen molar-refractivity contribution in [3.05, 3.63) is 0 Å². The summed E-state index contributed by atoms with van der Waals surface area (Å²) in [5.74, 6) is -10.8. The SMILES string of the molecule is CC(C)C[C@H](NC(=O)[C@H](C)NC(=O)[C@H](CC(N)=O)NC(=O)[C@H](CC(C)C)NC(=O)[C@@H](N)CC(=O)O)C(=O)N[C@@H](CC(C)C)C(=O)N1CCC[C@H]1C(=O)N[C@@H](C)C(=O)N[C@H](C(=O)O)C(C)C. The number of amides is 9. The van der Waals surface area contributed by atoms with E-state index in [-0.39, 0.29) is 50.0 Å². The van der Waals surface area contributed by atoms with Crippen LogP contribution >= 0.6 is 0 Å². The van der Waals surface area contributed by atoms with Gasteiger partial charge >= 0.3 is 11.9 Å². The zero-order valence-electron chi connectivity index (χ0n) is 39.1. The molecule has 0 aromatic rings. The first-order valence-corrected chi connectivity index (χ1v) is 22.0. The Kier molecular flexibility index (Phi) is 23.6. The zero-order chi connectivity index (χ0) is 50.0. The standard InChI is InChI=1S/C42H72N10O13/c1-19(2)14-26(47-34(56)23(9)45-37(59)28(18-31(44)53)49-38(60)27(15-20(3)4)48-36(58)25(43)17-32(54)55)39(61)50-29(16-21(5)6)41(63)52-13-11-12-30(52)40(62)46-24(10)35(57)51-33(22(7)8)42(64)65/h19-30,33H,11-18,43H2,1-10H3,(H2,44,53)(H,45,59)(H,46,62)(H,47,56)(H,48,58)(H,49,60)(H,50,61)(H,51,57)(H,54,55)(H,64,65)/t23-,24-,25-,26-,27-,28-,29-,30-,33-/m0/s1. The lowest BCUT2D eigenvalue weighted by atomic mass is 9.99. The maximum atomic E-state index is 14.1. The van der Waals surface area contributed by atoms with Crippen LogP contribution in [0.25, 0.3) is 0 Å². The summed E-state index contributed by atoms with van der Waals surface area (Å²) in [5, 5.41) is 35.9. The van der Waals surface area contributed by atoms with Crippen LogP contribution in [-0.4, -0.2) is 141 Å². The van der Waals surface area contributed by atoms with Gasteiger partial charge in [0.2, 0.25) is 53.2 Å². The minimum atomic E-state index is -1.63. The van der Waals surface area contributed by atoms with Crippen LogP contribution in [0.4, 0.5) is 0 Å². The number of rotatable bonds is 27. The summed E-state index contributed by atoms with van der Waals surface area (Å²) in [5.41, 5.74) is 11.0. The summed E-state index contributed by atoms with van der Waals surface area (Å²) in [7, 11) is 0. The average molecular weight is 925 g/mol. The molecule has 0 bridgehead atoms. The van der Waals surface area contributed by atoms with E-state index < -0.39 is 138 Å². The highest BCUT2D eigenvalue weighted by atomic mass is 16.4. The number of nitrogens with zero attached hydrogens (tertiary/aromatic N) is 1. The molecule has 1 fully saturated rings. The lowest BCUT2D eigenvalue weighted by Crippen LogP contribution is -2.60. The molecule has 1 aliphatic heterocycles. The molecule has 23 nitrogen and oxygen atoms in total. The Hall–Kier alpha value is -5.87. The lowest BCUT2D eigenvalue weighted by Gasteiger charge is -2.31. The van der Waals surface area contributed by atoms with Crippen molar-refractivity contribution >= 4 is 65.1 Å². The fourth-order valence-corrected chi connectivity index (χ4v) is 6.96. The number of primary amides is 1. The van der Waals surface area contributed by atoms with Crippen LogP contribution in [-0.2, 0) is 52.7 Å². The van der Waals surface area contributed by atoms with Crippen molar-refractivity contribution in [1.29, 1.82) is 0 Å². The maximum absolute atomic E-state index is 14.1. The number of aliphatic carboxylic acids is 2. The number of carboxylic acids is 2. The van der Waals surface area contributed by atoms with Crippen LogP contribution in [0.2, 0.25) is 0 Å². The number of nitrogens with two attached hydrogens (primary N) is 2. The predicted molar refractivity (Wildman–Crippen MR) is 234 cm³/mol. The molecule has 65 heavy (non-hydrogen) atoms. The van der Waals surface area contributed by atoms with Crippen molar-refractivity contribution in [3.8, 4) is 0 Å². The Bertz CT molecular complexity index is 1740. The van der Waals surface area contributed by atoms with Gasteiger partial charge in [0.25, 0.3) is 0 Å². The number of nitrogens with one attached hydrogen (secondary N) is 7. The molecule has 9 atom stereocenters. The fourth-order valence-electron chi connectivity index (χ4n) is 6.96. The van der Waals surface area contributed by atoms with Gasteiger partial charge in [-0.3, -0.25) is 47.9 Å². The second kappa shape index (κ2) is 26.8. The van der Waals surface area contributed by atoms with Crippen molar-refractivity contribution in [1.82, 2.24) is 42.1 Å². The Morgan fingerprint density at radius 2 is 0.985 bits per heavy atom. The summed E-state index contributed by atoms with van der Waals surface area (Å²) in [6.45, 7) is 16.8. The number of hydrogen-bond acceptors (Lipinski definition) is 12. The summed E-state index contributed by atoms with van der Waals surface area (Å²) < 4.78 is 0. The highest BCUT2D eigenvalue weighted by Gasteiger charge is 2.40. The maximum Gasteiger partial charge on any atom is 0.326 e. The van der Waals surface area contributed by atoms with E-state index in [4.69, 9.17) is 16.6 Å². The lowest BCUT2D eigenvalue weighted by molar-refractivity contribution is -0.144. The molecule has 0 spiro atoms. The van der Waals surface area contributed by atoms with Crippen LogP contribution in [0, 0.1) is 23.7 Å². The molecule has 23 heteroatoms. The van der Waals surface area contributed by atoms with Crippen LogP contribution in [0.1, 0.15) is 114 Å². The summed E-state index contributed by atoms with van der Waals surface area (Å²) in [6, 6.07) is -11.4. The zero-order valence-corrected chi connectivity index (χ0v) is 39.1.